The maximum atomic E-state index is 13.2. The number of benzene rings is 1. The molecule has 1 saturated heterocycles. The third-order valence-corrected chi connectivity index (χ3v) is 7.24. The highest BCUT2D eigenvalue weighted by molar-refractivity contribution is 7.17. The third-order valence-electron chi connectivity index (χ3n) is 6.07. The highest BCUT2D eigenvalue weighted by Crippen LogP contribution is 2.30. The molecule has 0 atom stereocenters. The minimum atomic E-state index is -0.349. The number of nitrogens with one attached hydrogen (secondary N) is 1. The molecule has 1 aliphatic rings. The second-order valence-corrected chi connectivity index (χ2v) is 9.40. The van der Waals surface area contributed by atoms with Gasteiger partial charge >= 0.3 is 0 Å². The molecule has 2 amide bonds. The van der Waals surface area contributed by atoms with Gasteiger partial charge in [-0.2, -0.15) is 5.10 Å². The minimum Gasteiger partial charge on any atom is -0.339 e. The zero-order chi connectivity index (χ0) is 23.9. The SMILES string of the molecule is Cc1cccc(NC(=O)c2sc(-c3c(C)c(C)nn(C)c3=O)nc2C)c1C(=O)N1CCCC1. The van der Waals surface area contributed by atoms with Crippen LogP contribution in [0.15, 0.2) is 23.0 Å². The number of likely N-dealkylation sites (tertiary alicyclic amines) is 1. The zero-order valence-electron chi connectivity index (χ0n) is 19.5. The minimum absolute atomic E-state index is 0.0611. The Morgan fingerprint density at radius 1 is 1.06 bits per heavy atom. The predicted octanol–water partition coefficient (Wildman–Crippen LogP) is 3.63. The zero-order valence-corrected chi connectivity index (χ0v) is 20.3. The Bertz CT molecular complexity index is 1320. The van der Waals surface area contributed by atoms with Crippen LogP contribution in [0.2, 0.25) is 0 Å². The van der Waals surface area contributed by atoms with Gasteiger partial charge in [-0.15, -0.1) is 11.3 Å². The van der Waals surface area contributed by atoms with Crippen LogP contribution in [-0.2, 0) is 7.05 Å². The van der Waals surface area contributed by atoms with Crippen LogP contribution in [0, 0.1) is 27.7 Å². The first-order valence-corrected chi connectivity index (χ1v) is 11.7. The van der Waals surface area contributed by atoms with Gasteiger partial charge < -0.3 is 10.2 Å². The van der Waals surface area contributed by atoms with Gasteiger partial charge in [-0.1, -0.05) is 12.1 Å². The van der Waals surface area contributed by atoms with E-state index >= 15 is 0 Å². The third kappa shape index (κ3) is 4.20. The van der Waals surface area contributed by atoms with Gasteiger partial charge in [-0.05, 0) is 57.7 Å². The van der Waals surface area contributed by atoms with Crippen molar-refractivity contribution in [3.8, 4) is 10.6 Å². The summed E-state index contributed by atoms with van der Waals surface area (Å²) in [7, 11) is 1.60. The van der Waals surface area contributed by atoms with Gasteiger partial charge in [-0.3, -0.25) is 14.4 Å². The van der Waals surface area contributed by atoms with E-state index in [1.807, 2.05) is 37.8 Å². The summed E-state index contributed by atoms with van der Waals surface area (Å²) in [6, 6.07) is 5.44. The monoisotopic (exact) mass is 465 g/mol. The molecule has 0 aliphatic carbocycles. The van der Waals surface area contributed by atoms with Crippen molar-refractivity contribution >= 4 is 28.8 Å². The number of carbonyl (C=O) groups is 2. The van der Waals surface area contributed by atoms with Gasteiger partial charge in [0.2, 0.25) is 0 Å². The van der Waals surface area contributed by atoms with E-state index in [0.717, 1.165) is 42.8 Å². The Morgan fingerprint density at radius 3 is 2.45 bits per heavy atom. The highest BCUT2D eigenvalue weighted by atomic mass is 32.1. The summed E-state index contributed by atoms with van der Waals surface area (Å²) in [5.74, 6) is -0.411. The summed E-state index contributed by atoms with van der Waals surface area (Å²) < 4.78 is 1.29. The number of anilines is 1. The molecule has 0 spiro atoms. The Hall–Kier alpha value is -3.33. The predicted molar refractivity (Wildman–Crippen MR) is 129 cm³/mol. The lowest BCUT2D eigenvalue weighted by molar-refractivity contribution is 0.0793. The van der Waals surface area contributed by atoms with E-state index in [-0.39, 0.29) is 17.4 Å². The Labute approximate surface area is 196 Å². The van der Waals surface area contributed by atoms with Crippen molar-refractivity contribution in [3.05, 3.63) is 61.5 Å². The second kappa shape index (κ2) is 8.90. The lowest BCUT2D eigenvalue weighted by Crippen LogP contribution is -2.29. The number of thiazole rings is 1. The topological polar surface area (TPSA) is 97.2 Å². The van der Waals surface area contributed by atoms with E-state index in [0.29, 0.717) is 32.4 Å². The van der Waals surface area contributed by atoms with Crippen molar-refractivity contribution in [1.29, 1.82) is 0 Å². The van der Waals surface area contributed by atoms with E-state index < -0.39 is 0 Å². The van der Waals surface area contributed by atoms with Crippen molar-refractivity contribution in [2.24, 2.45) is 7.05 Å². The molecular formula is C24H27N5O3S. The van der Waals surface area contributed by atoms with E-state index in [1.165, 1.54) is 16.0 Å². The van der Waals surface area contributed by atoms with E-state index in [9.17, 15) is 14.4 Å². The molecular weight excluding hydrogens is 438 g/mol. The largest absolute Gasteiger partial charge is 0.339 e. The van der Waals surface area contributed by atoms with E-state index in [2.05, 4.69) is 15.4 Å². The number of nitrogens with zero attached hydrogens (tertiary/aromatic N) is 4. The summed E-state index contributed by atoms with van der Waals surface area (Å²) in [6.07, 6.45) is 1.99. The van der Waals surface area contributed by atoms with Crippen molar-refractivity contribution in [2.45, 2.75) is 40.5 Å². The maximum Gasteiger partial charge on any atom is 0.277 e. The summed E-state index contributed by atoms with van der Waals surface area (Å²) >= 11 is 1.17. The number of aromatic nitrogens is 3. The number of amides is 2. The van der Waals surface area contributed by atoms with Gasteiger partial charge in [0.05, 0.1) is 28.2 Å². The van der Waals surface area contributed by atoms with Gasteiger partial charge in [-0.25, -0.2) is 9.67 Å². The first kappa shape index (κ1) is 22.8. The molecule has 1 N–H and O–H groups in total. The van der Waals surface area contributed by atoms with Gasteiger partial charge in [0.15, 0.2) is 0 Å². The molecule has 2 aromatic heterocycles. The van der Waals surface area contributed by atoms with Crippen LogP contribution in [0.1, 0.15) is 55.4 Å². The molecule has 33 heavy (non-hydrogen) atoms. The lowest BCUT2D eigenvalue weighted by Gasteiger charge is -2.19. The standard InChI is InChI=1S/C24H27N5O3S/c1-13-9-8-10-17(18(13)24(32)29-11-6-7-12-29)26-21(30)20-16(4)25-22(33-20)19-14(2)15(3)27-28(5)23(19)31/h8-10H,6-7,11-12H2,1-5H3,(H,26,30). The van der Waals surface area contributed by atoms with Crippen LogP contribution < -0.4 is 10.9 Å². The average molecular weight is 466 g/mol. The Balaban J connectivity index is 1.69. The molecule has 3 heterocycles. The number of carbonyl (C=O) groups excluding carboxylic acids is 2. The fourth-order valence-corrected chi connectivity index (χ4v) is 5.18. The second-order valence-electron chi connectivity index (χ2n) is 8.40. The van der Waals surface area contributed by atoms with E-state index in [4.69, 9.17) is 0 Å². The number of hydrogen-bond donors (Lipinski definition) is 1. The van der Waals surface area contributed by atoms with Crippen LogP contribution >= 0.6 is 11.3 Å². The van der Waals surface area contributed by atoms with Crippen LogP contribution in [0.25, 0.3) is 10.6 Å². The molecule has 0 bridgehead atoms. The van der Waals surface area contributed by atoms with Crippen LogP contribution in [-0.4, -0.2) is 44.6 Å². The number of aryl methyl sites for hydroxylation is 4. The molecule has 1 aromatic carbocycles. The van der Waals surface area contributed by atoms with Crippen molar-refractivity contribution in [2.75, 3.05) is 18.4 Å². The number of hydrogen-bond acceptors (Lipinski definition) is 6. The first-order chi connectivity index (χ1) is 15.7. The smallest absolute Gasteiger partial charge is 0.277 e. The molecule has 172 valence electrons. The van der Waals surface area contributed by atoms with Crippen molar-refractivity contribution in [1.82, 2.24) is 19.7 Å². The molecule has 4 rings (SSSR count). The molecule has 0 saturated carbocycles. The molecule has 9 heteroatoms. The van der Waals surface area contributed by atoms with E-state index in [1.54, 1.807) is 20.0 Å². The maximum absolute atomic E-state index is 13.2. The fourth-order valence-electron chi connectivity index (χ4n) is 4.13. The Morgan fingerprint density at radius 2 is 1.76 bits per heavy atom. The van der Waals surface area contributed by atoms with Crippen molar-refractivity contribution < 1.29 is 9.59 Å². The van der Waals surface area contributed by atoms with Gasteiger partial charge in [0.25, 0.3) is 17.4 Å². The van der Waals surface area contributed by atoms with Gasteiger partial charge in [0.1, 0.15) is 9.88 Å². The summed E-state index contributed by atoms with van der Waals surface area (Å²) in [5.41, 5.74) is 4.03. The number of rotatable bonds is 4. The highest BCUT2D eigenvalue weighted by Gasteiger charge is 2.26. The summed E-state index contributed by atoms with van der Waals surface area (Å²) in [6.45, 7) is 8.76. The molecule has 8 nitrogen and oxygen atoms in total. The average Bonchev–Trinajstić information content (AvgIpc) is 3.42. The van der Waals surface area contributed by atoms with Crippen LogP contribution in [0.3, 0.4) is 0 Å². The summed E-state index contributed by atoms with van der Waals surface area (Å²) in [5, 5.41) is 7.61. The quantitative estimate of drug-likeness (QED) is 0.635. The fraction of sp³-hybridized carbons (Fsp3) is 0.375. The molecule has 0 radical (unpaired) electrons. The first-order valence-electron chi connectivity index (χ1n) is 10.9. The van der Waals surface area contributed by atoms with Crippen LogP contribution in [0.5, 0.6) is 0 Å². The van der Waals surface area contributed by atoms with Gasteiger partial charge in [0, 0.05) is 20.1 Å². The summed E-state index contributed by atoms with van der Waals surface area (Å²) in [4.78, 5) is 45.8. The molecule has 1 aliphatic heterocycles. The molecule has 1 fully saturated rings. The molecule has 0 unspecified atom stereocenters. The lowest BCUT2D eigenvalue weighted by atomic mass is 10.0. The normalized spacial score (nSPS) is 13.4. The Kier molecular flexibility index (Phi) is 6.16. The molecule has 3 aromatic rings. The van der Waals surface area contributed by atoms with Crippen molar-refractivity contribution in [3.63, 3.8) is 0 Å². The van der Waals surface area contributed by atoms with Crippen LogP contribution in [0.4, 0.5) is 5.69 Å².